The molecule has 0 radical (unpaired) electrons. The Kier molecular flexibility index (Phi) is 5.13. The summed E-state index contributed by atoms with van der Waals surface area (Å²) in [4.78, 5) is 16.1. The molecule has 108 valence electrons. The molecule has 6 nitrogen and oxygen atoms in total. The van der Waals surface area contributed by atoms with Gasteiger partial charge in [0.1, 0.15) is 0 Å². The van der Waals surface area contributed by atoms with Crippen LogP contribution in [0.1, 0.15) is 11.8 Å². The number of hydrogen-bond acceptors (Lipinski definition) is 7. The molecule has 8 heteroatoms. The summed E-state index contributed by atoms with van der Waals surface area (Å²) in [7, 11) is 3.81. The molecule has 0 saturated heterocycles. The zero-order valence-electron chi connectivity index (χ0n) is 11.6. The van der Waals surface area contributed by atoms with Crippen LogP contribution < -0.4 is 15.5 Å². The van der Waals surface area contributed by atoms with Gasteiger partial charge in [0.05, 0.1) is 6.54 Å². The van der Waals surface area contributed by atoms with Crippen molar-refractivity contribution in [3.63, 3.8) is 0 Å². The van der Waals surface area contributed by atoms with Crippen LogP contribution in [-0.4, -0.2) is 35.6 Å². The molecule has 0 bridgehead atoms. The minimum atomic E-state index is 0.569. The summed E-state index contributed by atoms with van der Waals surface area (Å²) in [5.41, 5.74) is 0. The Morgan fingerprint density at radius 1 is 1.20 bits per heavy atom. The highest BCUT2D eigenvalue weighted by molar-refractivity contribution is 9.10. The fourth-order valence-corrected chi connectivity index (χ4v) is 2.92. The van der Waals surface area contributed by atoms with Crippen molar-refractivity contribution < 1.29 is 0 Å². The molecular formula is C12H17BrN6S. The maximum absolute atomic E-state index is 4.39. The number of rotatable bonds is 6. The molecule has 2 rings (SSSR count). The highest BCUT2D eigenvalue weighted by Crippen LogP contribution is 2.23. The van der Waals surface area contributed by atoms with Crippen molar-refractivity contribution >= 4 is 45.1 Å². The van der Waals surface area contributed by atoms with Gasteiger partial charge in [0.25, 0.3) is 0 Å². The van der Waals surface area contributed by atoms with E-state index in [-0.39, 0.29) is 0 Å². The first-order valence-corrected chi connectivity index (χ1v) is 7.90. The monoisotopic (exact) mass is 356 g/mol. The van der Waals surface area contributed by atoms with Crippen LogP contribution in [0, 0.1) is 0 Å². The van der Waals surface area contributed by atoms with E-state index in [4.69, 9.17) is 0 Å². The van der Waals surface area contributed by atoms with Gasteiger partial charge in [-0.05, 0) is 34.3 Å². The van der Waals surface area contributed by atoms with Crippen LogP contribution in [0.3, 0.4) is 0 Å². The topological polar surface area (TPSA) is 66.0 Å². The first-order chi connectivity index (χ1) is 9.60. The Morgan fingerprint density at radius 3 is 2.45 bits per heavy atom. The van der Waals surface area contributed by atoms with Gasteiger partial charge in [-0.25, -0.2) is 0 Å². The molecule has 0 aliphatic rings. The van der Waals surface area contributed by atoms with Crippen molar-refractivity contribution in [1.82, 2.24) is 15.0 Å². The van der Waals surface area contributed by atoms with E-state index < -0.39 is 0 Å². The number of halogens is 1. The van der Waals surface area contributed by atoms with Gasteiger partial charge in [-0.15, -0.1) is 11.3 Å². The summed E-state index contributed by atoms with van der Waals surface area (Å²) in [6.07, 6.45) is 0. The Morgan fingerprint density at radius 2 is 1.90 bits per heavy atom. The summed E-state index contributed by atoms with van der Waals surface area (Å²) in [5.74, 6) is 1.78. The lowest BCUT2D eigenvalue weighted by molar-refractivity contribution is 0.938. The molecule has 0 saturated carbocycles. The summed E-state index contributed by atoms with van der Waals surface area (Å²) >= 11 is 5.20. The number of nitrogens with zero attached hydrogens (tertiary/aromatic N) is 4. The Balaban J connectivity index is 2.15. The van der Waals surface area contributed by atoms with Gasteiger partial charge in [-0.1, -0.05) is 0 Å². The standard InChI is InChI=1S/C12H17BrN6S/c1-4-14-10-16-11(18-12(17-10)19(2)3)15-7-9-8(13)5-6-20-9/h5-6H,4,7H2,1-3H3,(H2,14,15,16,17,18). The fourth-order valence-electron chi connectivity index (χ4n) is 1.49. The van der Waals surface area contributed by atoms with E-state index in [1.807, 2.05) is 37.4 Å². The summed E-state index contributed by atoms with van der Waals surface area (Å²) in [6.45, 7) is 3.46. The second-order valence-corrected chi connectivity index (χ2v) is 6.11. The van der Waals surface area contributed by atoms with E-state index in [1.54, 1.807) is 11.3 Å². The van der Waals surface area contributed by atoms with Gasteiger partial charge in [-0.2, -0.15) is 15.0 Å². The van der Waals surface area contributed by atoms with Crippen LogP contribution in [0.25, 0.3) is 0 Å². The lowest BCUT2D eigenvalue weighted by Crippen LogP contribution is -2.17. The van der Waals surface area contributed by atoms with Gasteiger partial charge >= 0.3 is 0 Å². The second-order valence-electron chi connectivity index (χ2n) is 4.25. The summed E-state index contributed by atoms with van der Waals surface area (Å²) in [5, 5.41) is 8.39. The zero-order valence-corrected chi connectivity index (χ0v) is 14.0. The predicted octanol–water partition coefficient (Wildman–Crippen LogP) is 2.81. The molecule has 0 unspecified atom stereocenters. The smallest absolute Gasteiger partial charge is 0.231 e. The van der Waals surface area contributed by atoms with Crippen LogP contribution in [0.5, 0.6) is 0 Å². The number of nitrogens with one attached hydrogen (secondary N) is 2. The maximum Gasteiger partial charge on any atom is 0.231 e. The molecule has 0 aliphatic heterocycles. The molecule has 20 heavy (non-hydrogen) atoms. The molecule has 0 aliphatic carbocycles. The third-order valence-corrected chi connectivity index (χ3v) is 4.38. The van der Waals surface area contributed by atoms with Crippen LogP contribution >= 0.6 is 27.3 Å². The average molecular weight is 357 g/mol. The fraction of sp³-hybridized carbons (Fsp3) is 0.417. The third-order valence-electron chi connectivity index (χ3n) is 2.46. The predicted molar refractivity (Wildman–Crippen MR) is 87.7 cm³/mol. The van der Waals surface area contributed by atoms with Gasteiger partial charge in [-0.3, -0.25) is 0 Å². The summed E-state index contributed by atoms with van der Waals surface area (Å²) < 4.78 is 1.10. The largest absolute Gasteiger partial charge is 0.354 e. The quantitative estimate of drug-likeness (QED) is 0.829. The van der Waals surface area contributed by atoms with E-state index in [0.717, 1.165) is 11.0 Å². The van der Waals surface area contributed by atoms with E-state index in [9.17, 15) is 0 Å². The Labute approximate surface area is 130 Å². The lowest BCUT2D eigenvalue weighted by Gasteiger charge is -2.13. The van der Waals surface area contributed by atoms with Gasteiger partial charge in [0.15, 0.2) is 0 Å². The van der Waals surface area contributed by atoms with Crippen LogP contribution in [-0.2, 0) is 6.54 Å². The zero-order chi connectivity index (χ0) is 14.5. The number of anilines is 3. The molecule has 0 amide bonds. The van der Waals surface area contributed by atoms with Gasteiger partial charge < -0.3 is 15.5 Å². The minimum Gasteiger partial charge on any atom is -0.354 e. The highest BCUT2D eigenvalue weighted by atomic mass is 79.9. The van der Waals surface area contributed by atoms with Crippen LogP contribution in [0.15, 0.2) is 15.9 Å². The molecule has 0 atom stereocenters. The lowest BCUT2D eigenvalue weighted by atomic mass is 10.5. The Hall–Kier alpha value is -1.41. The minimum absolute atomic E-state index is 0.569. The summed E-state index contributed by atoms with van der Waals surface area (Å²) in [6, 6.07) is 2.03. The SMILES string of the molecule is CCNc1nc(NCc2sccc2Br)nc(N(C)C)n1. The third kappa shape index (κ3) is 3.80. The highest BCUT2D eigenvalue weighted by Gasteiger charge is 2.08. The number of hydrogen-bond donors (Lipinski definition) is 2. The second kappa shape index (κ2) is 6.85. The van der Waals surface area contributed by atoms with E-state index in [2.05, 4.69) is 41.5 Å². The van der Waals surface area contributed by atoms with Crippen LogP contribution in [0.2, 0.25) is 0 Å². The normalized spacial score (nSPS) is 10.4. The maximum atomic E-state index is 4.39. The van der Waals surface area contributed by atoms with Crippen molar-refractivity contribution in [1.29, 1.82) is 0 Å². The first kappa shape index (κ1) is 15.0. The van der Waals surface area contributed by atoms with Crippen molar-refractivity contribution in [2.45, 2.75) is 13.5 Å². The van der Waals surface area contributed by atoms with Crippen molar-refractivity contribution in [3.8, 4) is 0 Å². The molecule has 0 spiro atoms. The van der Waals surface area contributed by atoms with Crippen molar-refractivity contribution in [2.75, 3.05) is 36.2 Å². The molecular weight excluding hydrogens is 340 g/mol. The van der Waals surface area contributed by atoms with Gasteiger partial charge in [0, 0.05) is 30.0 Å². The number of thiophene rings is 1. The van der Waals surface area contributed by atoms with E-state index in [1.165, 1.54) is 4.88 Å². The number of aromatic nitrogens is 3. The van der Waals surface area contributed by atoms with Crippen molar-refractivity contribution in [2.24, 2.45) is 0 Å². The average Bonchev–Trinajstić information content (AvgIpc) is 2.82. The molecule has 0 fully saturated rings. The molecule has 2 N–H and O–H groups in total. The Bertz CT molecular complexity index is 571. The molecule has 2 heterocycles. The molecule has 0 aromatic carbocycles. The first-order valence-electron chi connectivity index (χ1n) is 6.23. The molecule has 2 aromatic heterocycles. The van der Waals surface area contributed by atoms with Crippen molar-refractivity contribution in [3.05, 3.63) is 20.8 Å². The van der Waals surface area contributed by atoms with Crippen LogP contribution in [0.4, 0.5) is 17.8 Å². The van der Waals surface area contributed by atoms with E-state index >= 15 is 0 Å². The molecule has 2 aromatic rings. The van der Waals surface area contributed by atoms with E-state index in [0.29, 0.717) is 24.4 Å². The van der Waals surface area contributed by atoms with Gasteiger partial charge in [0.2, 0.25) is 17.8 Å².